The predicted molar refractivity (Wildman–Crippen MR) is 498 cm³/mol. The number of hydrogen-bond donors (Lipinski definition) is 0. The number of rotatable bonds is 29. The molecular formula is C104H148N8O12. The summed E-state index contributed by atoms with van der Waals surface area (Å²) in [6, 6.07) is 33.9. The first kappa shape index (κ1) is 90.9. The van der Waals surface area contributed by atoms with Gasteiger partial charge >= 0.3 is 0 Å². The van der Waals surface area contributed by atoms with Gasteiger partial charge in [-0.25, -0.2) is 0 Å². The van der Waals surface area contributed by atoms with E-state index in [-0.39, 0.29) is 30.2 Å². The Balaban J connectivity index is 0.000000128. The molecule has 0 spiro atoms. The molecule has 18 rings (SSSR count). The zero-order valence-corrected chi connectivity index (χ0v) is 76.2. The van der Waals surface area contributed by atoms with Crippen molar-refractivity contribution in [3.05, 3.63) is 194 Å². The summed E-state index contributed by atoms with van der Waals surface area (Å²) >= 11 is 0. The molecule has 4 saturated carbocycles. The van der Waals surface area contributed by atoms with Crippen LogP contribution in [0.4, 0.5) is 22.7 Å². The van der Waals surface area contributed by atoms with Crippen LogP contribution in [0.2, 0.25) is 0 Å². The van der Waals surface area contributed by atoms with Crippen molar-refractivity contribution in [2.75, 3.05) is 177 Å². The lowest BCUT2D eigenvalue weighted by Gasteiger charge is -2.39. The van der Waals surface area contributed by atoms with E-state index in [1.807, 2.05) is 0 Å². The van der Waals surface area contributed by atoms with Gasteiger partial charge in [0, 0.05) is 180 Å². The highest BCUT2D eigenvalue weighted by molar-refractivity contribution is 5.53. The minimum atomic E-state index is -0.548. The first-order valence-corrected chi connectivity index (χ1v) is 47.9. The fourth-order valence-corrected chi connectivity index (χ4v) is 21.3. The van der Waals surface area contributed by atoms with Crippen LogP contribution in [0.1, 0.15) is 183 Å². The third-order valence-electron chi connectivity index (χ3n) is 28.7. The van der Waals surface area contributed by atoms with Gasteiger partial charge in [-0.1, -0.05) is 134 Å². The molecule has 8 heterocycles. The molecular weight excluding hydrogens is 1550 g/mol. The lowest BCUT2D eigenvalue weighted by atomic mass is 9.79. The van der Waals surface area contributed by atoms with Crippen molar-refractivity contribution < 1.29 is 56.8 Å². The fraction of sp³-hybridized carbons (Fsp3) is 0.615. The fourth-order valence-electron chi connectivity index (χ4n) is 21.3. The van der Waals surface area contributed by atoms with Gasteiger partial charge in [-0.3, -0.25) is 0 Å². The second kappa shape index (κ2) is 43.3. The smallest absolute Gasteiger partial charge is 0.194 e. The zero-order valence-electron chi connectivity index (χ0n) is 76.2. The minimum absolute atomic E-state index is 0.0143. The number of hydrogen-bond acceptors (Lipinski definition) is 20. The maximum atomic E-state index is 6.67. The van der Waals surface area contributed by atoms with Crippen LogP contribution >= 0.6 is 0 Å². The molecule has 0 radical (unpaired) electrons. The summed E-state index contributed by atoms with van der Waals surface area (Å²) in [7, 11) is 0. The molecule has 4 aromatic rings. The van der Waals surface area contributed by atoms with Crippen LogP contribution in [-0.2, 0) is 37.9 Å². The van der Waals surface area contributed by atoms with E-state index in [9.17, 15) is 0 Å². The minimum Gasteiger partial charge on any atom is -0.491 e. The number of anilines is 4. The standard InChI is InChI=1S/C28H38N2O3.C27H36N2O3.C26H40N2O3.C23H34N2O3/c1-22(2)29-16-18-30(19-17-29)25-12-14-26(15-13-25)31-20-27-21-32-28(33-27,24-10-6-7-11-24)23-8-4-3-5-9-23;1-21(2)28-15-17-29(18-16-28)24-11-13-25(14-12-24)30-19-26-20-31-27(32-26,22-7-3-4-8-22)23-9-5-6-10-23;1-4-5-14-26(22-8-6-7-9-22)30-20-25(31-26)19-29-24-12-10-23(11-13-24)28-17-15-27(16-18-28)21(2)3;1-18(2)24-12-14-25(15-13-24)20-8-10-21(11-9-20)26-16-22-17-27-23(3,28-22)19-6-4-5-7-19/h6-7,10,12-15,23,27H,1,3-5,8-9,11,16-21H2,2H3;3-4,7,11-14,23,26H,1,5-6,8-10,15-20H2,2H3;10-13,22,25H,2,4-9,14-20H2,1,3H3;8-11,19,22H,1,4-7,12-17H2,2-3H3. The number of allylic oxidation sites excluding steroid dienone is 10. The molecule has 0 aromatic heterocycles. The third-order valence-corrected chi connectivity index (χ3v) is 28.7. The number of nitrogens with zero attached hydrogens (tertiary/aromatic N) is 8. The highest BCUT2D eigenvalue weighted by Crippen LogP contribution is 2.50. The average molecular weight is 1700 g/mol. The van der Waals surface area contributed by atoms with E-state index in [2.05, 4.69) is 241 Å². The van der Waals surface area contributed by atoms with E-state index < -0.39 is 17.4 Å². The molecule has 8 unspecified atom stereocenters. The molecule has 20 nitrogen and oxygen atoms in total. The normalized spacial score (nSPS) is 28.1. The maximum Gasteiger partial charge on any atom is 0.194 e. The van der Waals surface area contributed by atoms with Crippen molar-refractivity contribution in [2.24, 2.45) is 23.7 Å². The lowest BCUT2D eigenvalue weighted by Crippen LogP contribution is -2.45. The Bertz CT molecular complexity index is 4180. The van der Waals surface area contributed by atoms with Crippen molar-refractivity contribution in [3.8, 4) is 23.0 Å². The third kappa shape index (κ3) is 23.0. The first-order valence-electron chi connectivity index (χ1n) is 47.9. The van der Waals surface area contributed by atoms with Crippen molar-refractivity contribution in [1.82, 2.24) is 19.6 Å². The van der Waals surface area contributed by atoms with Crippen molar-refractivity contribution in [1.29, 1.82) is 0 Å². The Morgan fingerprint density at radius 3 is 0.952 bits per heavy atom. The largest absolute Gasteiger partial charge is 0.491 e. The van der Waals surface area contributed by atoms with E-state index in [0.717, 1.165) is 176 Å². The topological polar surface area (TPSA) is 137 Å². The van der Waals surface area contributed by atoms with Gasteiger partial charge in [-0.15, -0.1) is 0 Å². The molecule has 124 heavy (non-hydrogen) atoms. The molecule has 14 aliphatic rings. The Hall–Kier alpha value is -7.92. The Kier molecular flexibility index (Phi) is 31.7. The van der Waals surface area contributed by atoms with Crippen molar-refractivity contribution in [2.45, 2.75) is 230 Å². The molecule has 8 aliphatic heterocycles. The molecule has 676 valence electrons. The first-order chi connectivity index (χ1) is 60.4. The van der Waals surface area contributed by atoms with E-state index in [1.165, 1.54) is 149 Å². The van der Waals surface area contributed by atoms with E-state index in [0.29, 0.717) is 76.5 Å². The predicted octanol–water partition coefficient (Wildman–Crippen LogP) is 19.5. The Labute approximate surface area is 743 Å². The summed E-state index contributed by atoms with van der Waals surface area (Å²) in [6.07, 6.45) is 39.5. The van der Waals surface area contributed by atoms with Crippen LogP contribution < -0.4 is 38.5 Å². The highest BCUT2D eigenvalue weighted by atomic mass is 16.8. The van der Waals surface area contributed by atoms with Gasteiger partial charge in [0.1, 0.15) is 73.8 Å². The molecule has 8 atom stereocenters. The van der Waals surface area contributed by atoms with Crippen LogP contribution in [0.3, 0.4) is 0 Å². The molecule has 4 aromatic carbocycles. The summed E-state index contributed by atoms with van der Waals surface area (Å²) < 4.78 is 75.6. The van der Waals surface area contributed by atoms with E-state index in [4.69, 9.17) is 56.8 Å². The monoisotopic (exact) mass is 1700 g/mol. The molecule has 0 N–H and O–H groups in total. The second-order valence-electron chi connectivity index (χ2n) is 37.5. The van der Waals surface area contributed by atoms with Crippen molar-refractivity contribution in [3.63, 3.8) is 0 Å². The molecule has 0 bridgehead atoms. The van der Waals surface area contributed by atoms with E-state index >= 15 is 0 Å². The van der Waals surface area contributed by atoms with Crippen LogP contribution in [-0.4, -0.2) is 225 Å². The van der Waals surface area contributed by atoms with Gasteiger partial charge in [-0.05, 0) is 213 Å². The van der Waals surface area contributed by atoms with Gasteiger partial charge in [0.25, 0.3) is 0 Å². The summed E-state index contributed by atoms with van der Waals surface area (Å²) in [5.41, 5.74) is 12.2. The van der Waals surface area contributed by atoms with Gasteiger partial charge in [0.05, 0.1) is 26.4 Å². The van der Waals surface area contributed by atoms with Gasteiger partial charge < -0.3 is 96.0 Å². The van der Waals surface area contributed by atoms with Crippen LogP contribution in [0.5, 0.6) is 23.0 Å². The summed E-state index contributed by atoms with van der Waals surface area (Å²) in [5.74, 6) is 3.69. The molecule has 20 heteroatoms. The zero-order chi connectivity index (χ0) is 85.9. The summed E-state index contributed by atoms with van der Waals surface area (Å²) in [5, 5.41) is 0. The van der Waals surface area contributed by atoms with Gasteiger partial charge in [0.2, 0.25) is 0 Å². The molecule has 8 saturated heterocycles. The SMILES string of the molecule is C=C(C)N1CCN(c2ccc(OCC3COC(C)(C4CCCC4)O3)cc2)CC1.C=C(C)N1CCN(c2ccc(OCC3COC(C4=CC=CC4)(C4CCCC4)O3)cc2)CC1.C=C(C)N1CCN(c2ccc(OCC3COC(C4=CC=CC4)(C4CCCCC4)O3)cc2)CC1.C=C(C)N1CCN(c2ccc(OCC3COC(CCCC)(C4CCCC4)O3)cc2)CC1. The quantitative estimate of drug-likeness (QED) is 0.0509. The number of unbranched alkanes of at least 4 members (excludes halogenated alkanes) is 1. The van der Waals surface area contributed by atoms with Gasteiger partial charge in [-0.2, -0.15) is 0 Å². The molecule has 0 amide bonds. The highest BCUT2D eigenvalue weighted by Gasteiger charge is 2.54. The average Bonchev–Trinajstić information content (AvgIpc) is 1.61. The summed E-state index contributed by atoms with van der Waals surface area (Å²) in [4.78, 5) is 19.1. The second-order valence-corrected chi connectivity index (χ2v) is 37.5. The van der Waals surface area contributed by atoms with Gasteiger partial charge in [0.15, 0.2) is 23.1 Å². The van der Waals surface area contributed by atoms with Crippen LogP contribution in [0.15, 0.2) is 194 Å². The molecule has 6 aliphatic carbocycles. The maximum absolute atomic E-state index is 6.67. The van der Waals surface area contributed by atoms with Crippen molar-refractivity contribution >= 4 is 22.7 Å². The Morgan fingerprint density at radius 2 is 0.637 bits per heavy atom. The van der Waals surface area contributed by atoms with Crippen LogP contribution in [0, 0.1) is 23.7 Å². The van der Waals surface area contributed by atoms with Crippen LogP contribution in [0.25, 0.3) is 0 Å². The number of ether oxygens (including phenoxy) is 12. The number of piperazine rings is 4. The Morgan fingerprint density at radius 1 is 0.347 bits per heavy atom. The lowest BCUT2D eigenvalue weighted by molar-refractivity contribution is -0.210. The molecule has 12 fully saturated rings. The van der Waals surface area contributed by atoms with E-state index in [1.54, 1.807) is 0 Å². The summed E-state index contributed by atoms with van der Waals surface area (Å²) in [6.45, 7) is 50.0. The number of benzene rings is 4.